The topological polar surface area (TPSA) is 0 Å². The molecule has 2 rings (SSSR count). The molecule has 0 radical (unpaired) electrons. The van der Waals surface area contributed by atoms with Crippen molar-refractivity contribution >= 4 is 0 Å². The second-order valence-electron chi connectivity index (χ2n) is 5.10. The quantitative estimate of drug-likeness (QED) is 0.681. The largest absolute Gasteiger partial charge is 0.0654 e. The Bertz CT molecular complexity index is 594. The van der Waals surface area contributed by atoms with Gasteiger partial charge in [0.1, 0.15) is 0 Å². The van der Waals surface area contributed by atoms with Crippen LogP contribution in [0.3, 0.4) is 0 Å². The fraction of sp³-hybridized carbons (Fsp3) is 0.300. The van der Waals surface area contributed by atoms with E-state index in [1.54, 1.807) is 0 Å². The van der Waals surface area contributed by atoms with Gasteiger partial charge < -0.3 is 0 Å². The first-order chi connectivity index (χ1) is 9.81. The molecule has 0 aliphatic carbocycles. The van der Waals surface area contributed by atoms with Crippen LogP contribution in [0.25, 0.3) is 0 Å². The lowest BCUT2D eigenvalue weighted by atomic mass is 10.1. The maximum Gasteiger partial charge on any atom is 0.0251 e. The predicted octanol–water partition coefficient (Wildman–Crippen LogP) is 4.99. The van der Waals surface area contributed by atoms with E-state index in [2.05, 4.69) is 74.2 Å². The van der Waals surface area contributed by atoms with Crippen LogP contribution in [0, 0.1) is 11.8 Å². The van der Waals surface area contributed by atoms with Gasteiger partial charge in [-0.3, -0.25) is 0 Å². The van der Waals surface area contributed by atoms with Crippen LogP contribution in [0.4, 0.5) is 0 Å². The highest BCUT2D eigenvalue weighted by Gasteiger charge is 1.94. The molecule has 0 amide bonds. The van der Waals surface area contributed by atoms with Gasteiger partial charge in [-0.2, -0.15) is 0 Å². The van der Waals surface area contributed by atoms with Crippen molar-refractivity contribution in [3.8, 4) is 11.8 Å². The van der Waals surface area contributed by atoms with Crippen molar-refractivity contribution in [2.75, 3.05) is 0 Å². The van der Waals surface area contributed by atoms with Crippen LogP contribution in [0.5, 0.6) is 0 Å². The van der Waals surface area contributed by atoms with Crippen molar-refractivity contribution < 1.29 is 0 Å². The summed E-state index contributed by atoms with van der Waals surface area (Å²) < 4.78 is 0. The second kappa shape index (κ2) is 7.56. The zero-order valence-electron chi connectivity index (χ0n) is 12.4. The average Bonchev–Trinajstić information content (AvgIpc) is 2.52. The molecule has 0 bridgehead atoms. The molecule has 102 valence electrons. The Balaban J connectivity index is 2.11. The first-order valence-electron chi connectivity index (χ1n) is 7.51. The van der Waals surface area contributed by atoms with E-state index >= 15 is 0 Å². The predicted molar refractivity (Wildman–Crippen MR) is 86.9 cm³/mol. The van der Waals surface area contributed by atoms with Crippen LogP contribution in [0.1, 0.15) is 48.9 Å². The first kappa shape index (κ1) is 14.4. The standard InChI is InChI=1S/C20H22/c1-3-5-7-19-8-6-9-20(16-19)15-14-18-12-10-17(4-2)11-13-18/h6,8-13,16H,3-5,7H2,1-2H3. The minimum atomic E-state index is 1.08. The van der Waals surface area contributed by atoms with Crippen molar-refractivity contribution in [3.05, 3.63) is 70.8 Å². The molecule has 2 aromatic rings. The van der Waals surface area contributed by atoms with E-state index in [9.17, 15) is 0 Å². The maximum absolute atomic E-state index is 3.27. The van der Waals surface area contributed by atoms with Crippen LogP contribution >= 0.6 is 0 Å². The molecule has 0 aliphatic heterocycles. The average molecular weight is 262 g/mol. The molecular weight excluding hydrogens is 240 g/mol. The van der Waals surface area contributed by atoms with Crippen LogP contribution < -0.4 is 0 Å². The van der Waals surface area contributed by atoms with E-state index in [1.165, 1.54) is 24.0 Å². The summed E-state index contributed by atoms with van der Waals surface area (Å²) >= 11 is 0. The number of hydrogen-bond donors (Lipinski definition) is 0. The van der Waals surface area contributed by atoms with E-state index in [0.29, 0.717) is 0 Å². The lowest BCUT2D eigenvalue weighted by Gasteiger charge is -2.00. The molecule has 0 saturated carbocycles. The summed E-state index contributed by atoms with van der Waals surface area (Å²) in [7, 11) is 0. The molecule has 0 aromatic heterocycles. The van der Waals surface area contributed by atoms with Gasteiger partial charge in [0.2, 0.25) is 0 Å². The van der Waals surface area contributed by atoms with E-state index < -0.39 is 0 Å². The van der Waals surface area contributed by atoms with Gasteiger partial charge in [-0.05, 0) is 54.7 Å². The van der Waals surface area contributed by atoms with Gasteiger partial charge in [0.15, 0.2) is 0 Å². The van der Waals surface area contributed by atoms with Crippen LogP contribution in [0.15, 0.2) is 48.5 Å². The third kappa shape index (κ3) is 4.28. The molecule has 0 fully saturated rings. The van der Waals surface area contributed by atoms with Crippen LogP contribution in [-0.4, -0.2) is 0 Å². The Hall–Kier alpha value is -2.00. The molecule has 0 spiro atoms. The molecular formula is C20H22. The summed E-state index contributed by atoms with van der Waals surface area (Å²) in [6, 6.07) is 17.1. The van der Waals surface area contributed by atoms with Crippen LogP contribution in [-0.2, 0) is 12.8 Å². The Morgan fingerprint density at radius 3 is 2.25 bits per heavy atom. The van der Waals surface area contributed by atoms with Gasteiger partial charge in [0.25, 0.3) is 0 Å². The minimum Gasteiger partial charge on any atom is -0.0654 e. The summed E-state index contributed by atoms with van der Waals surface area (Å²) in [5.41, 5.74) is 4.94. The molecule has 0 saturated heterocycles. The third-order valence-corrected chi connectivity index (χ3v) is 3.46. The molecule has 0 unspecified atom stereocenters. The zero-order valence-corrected chi connectivity index (χ0v) is 12.4. The highest BCUT2D eigenvalue weighted by atomic mass is 14.0. The Morgan fingerprint density at radius 1 is 0.800 bits per heavy atom. The van der Waals surface area contributed by atoms with E-state index in [0.717, 1.165) is 24.0 Å². The normalized spacial score (nSPS) is 9.90. The van der Waals surface area contributed by atoms with Crippen molar-refractivity contribution in [2.45, 2.75) is 39.5 Å². The number of rotatable bonds is 4. The molecule has 20 heavy (non-hydrogen) atoms. The summed E-state index contributed by atoms with van der Waals surface area (Å²) in [5.74, 6) is 6.51. The van der Waals surface area contributed by atoms with Gasteiger partial charge in [-0.1, -0.05) is 56.4 Å². The summed E-state index contributed by atoms with van der Waals surface area (Å²) in [6.45, 7) is 4.39. The fourth-order valence-electron chi connectivity index (χ4n) is 2.15. The molecule has 0 heterocycles. The maximum atomic E-state index is 3.27. The third-order valence-electron chi connectivity index (χ3n) is 3.46. The van der Waals surface area contributed by atoms with Gasteiger partial charge >= 0.3 is 0 Å². The number of aryl methyl sites for hydroxylation is 2. The van der Waals surface area contributed by atoms with Gasteiger partial charge in [0.05, 0.1) is 0 Å². The van der Waals surface area contributed by atoms with Crippen molar-refractivity contribution in [1.29, 1.82) is 0 Å². The Morgan fingerprint density at radius 2 is 1.55 bits per heavy atom. The fourth-order valence-corrected chi connectivity index (χ4v) is 2.15. The van der Waals surface area contributed by atoms with E-state index in [-0.39, 0.29) is 0 Å². The molecule has 2 aromatic carbocycles. The highest BCUT2D eigenvalue weighted by Crippen LogP contribution is 2.09. The first-order valence-corrected chi connectivity index (χ1v) is 7.51. The van der Waals surface area contributed by atoms with Crippen molar-refractivity contribution in [3.63, 3.8) is 0 Å². The van der Waals surface area contributed by atoms with Gasteiger partial charge in [-0.25, -0.2) is 0 Å². The zero-order chi connectivity index (χ0) is 14.2. The molecule has 0 aliphatic rings. The van der Waals surface area contributed by atoms with Crippen molar-refractivity contribution in [2.24, 2.45) is 0 Å². The Labute approximate surface area is 122 Å². The molecule has 0 heteroatoms. The molecule has 0 N–H and O–H groups in total. The SMILES string of the molecule is CCCCc1cccc(C#Cc2ccc(CC)cc2)c1. The lowest BCUT2D eigenvalue weighted by molar-refractivity contribution is 0.795. The highest BCUT2D eigenvalue weighted by molar-refractivity contribution is 5.44. The van der Waals surface area contributed by atoms with E-state index in [1.807, 2.05) is 0 Å². The van der Waals surface area contributed by atoms with E-state index in [4.69, 9.17) is 0 Å². The molecule has 0 atom stereocenters. The molecule has 0 nitrogen and oxygen atoms in total. The smallest absolute Gasteiger partial charge is 0.0251 e. The van der Waals surface area contributed by atoms with Gasteiger partial charge in [-0.15, -0.1) is 0 Å². The summed E-state index contributed by atoms with van der Waals surface area (Å²) in [6.07, 6.45) is 4.71. The monoisotopic (exact) mass is 262 g/mol. The minimum absolute atomic E-state index is 1.08. The second-order valence-corrected chi connectivity index (χ2v) is 5.10. The summed E-state index contributed by atoms with van der Waals surface area (Å²) in [4.78, 5) is 0. The number of unbranched alkanes of at least 4 members (excludes halogenated alkanes) is 1. The lowest BCUT2D eigenvalue weighted by Crippen LogP contribution is -1.86. The van der Waals surface area contributed by atoms with Crippen LogP contribution in [0.2, 0.25) is 0 Å². The van der Waals surface area contributed by atoms with Gasteiger partial charge in [0, 0.05) is 11.1 Å². The summed E-state index contributed by atoms with van der Waals surface area (Å²) in [5, 5.41) is 0. The number of hydrogen-bond acceptors (Lipinski definition) is 0. The number of benzene rings is 2. The Kier molecular flexibility index (Phi) is 5.44. The van der Waals surface area contributed by atoms with Crippen molar-refractivity contribution in [1.82, 2.24) is 0 Å².